The number of rotatable bonds is 2. The van der Waals surface area contributed by atoms with Crippen molar-refractivity contribution in [1.29, 1.82) is 0 Å². The predicted octanol–water partition coefficient (Wildman–Crippen LogP) is 3.56. The summed E-state index contributed by atoms with van der Waals surface area (Å²) in [6, 6.07) is 10.6. The summed E-state index contributed by atoms with van der Waals surface area (Å²) in [6.45, 7) is 0. The number of benzene rings is 1. The van der Waals surface area contributed by atoms with Crippen LogP contribution in [-0.2, 0) is 0 Å². The second-order valence-electron chi connectivity index (χ2n) is 3.24. The summed E-state index contributed by atoms with van der Waals surface area (Å²) in [5.41, 5.74) is 0. The minimum absolute atomic E-state index is 0.735. The molecule has 1 heteroatoms. The van der Waals surface area contributed by atoms with Gasteiger partial charge in [0.05, 0.1) is 0 Å². The molecular weight excluding hydrogens is 199 g/mol. The monoisotopic (exact) mass is 212 g/mol. The third kappa shape index (κ3) is 3.34. The minimum atomic E-state index is 0.735. The maximum Gasteiger partial charge on any atom is -0.0226 e. The molecule has 1 aliphatic rings. The van der Waals surface area contributed by atoms with Crippen molar-refractivity contribution >= 4 is 13.9 Å². The van der Waals surface area contributed by atoms with Crippen LogP contribution in [0.4, 0.5) is 0 Å². The smallest absolute Gasteiger partial charge is 0.0226 e. The molecule has 0 heterocycles. The fourth-order valence-electron chi connectivity index (χ4n) is 1.34. The molecule has 0 amide bonds. The van der Waals surface area contributed by atoms with Crippen LogP contribution in [0.3, 0.4) is 0 Å². The summed E-state index contributed by atoms with van der Waals surface area (Å²) in [4.78, 5) is 0. The van der Waals surface area contributed by atoms with Gasteiger partial charge in [-0.05, 0) is 10.6 Å². The molecule has 0 fully saturated rings. The normalized spacial score (nSPS) is 19.6. The molecule has 1 atom stereocenters. The minimum Gasteiger partial charge on any atom is -0.0623 e. The zero-order chi connectivity index (χ0) is 10.3. The van der Waals surface area contributed by atoms with Crippen molar-refractivity contribution in [3.05, 3.63) is 78.2 Å². The van der Waals surface area contributed by atoms with Crippen LogP contribution in [0.1, 0.15) is 0 Å². The molecule has 0 aromatic heterocycles. The van der Waals surface area contributed by atoms with E-state index in [0.29, 0.717) is 0 Å². The van der Waals surface area contributed by atoms with Gasteiger partial charge in [0.1, 0.15) is 0 Å². The topological polar surface area (TPSA) is 0 Å². The van der Waals surface area contributed by atoms with Gasteiger partial charge in [-0.15, -0.1) is 0 Å². The quantitative estimate of drug-likeness (QED) is 0.657. The van der Waals surface area contributed by atoms with Gasteiger partial charge in [0, 0.05) is 0 Å². The zero-order valence-electron chi connectivity index (χ0n) is 8.43. The molecule has 0 N–H and O–H groups in total. The van der Waals surface area contributed by atoms with E-state index < -0.39 is 0 Å². The van der Waals surface area contributed by atoms with Crippen LogP contribution in [0.25, 0.3) is 0 Å². The fraction of sp³-hybridized carbons (Fsp3) is 0. The van der Waals surface area contributed by atoms with Crippen molar-refractivity contribution < 1.29 is 0 Å². The van der Waals surface area contributed by atoms with E-state index in [9.17, 15) is 0 Å². The number of hydrogen-bond donors (Lipinski definition) is 0. The molecule has 0 spiro atoms. The lowest BCUT2D eigenvalue weighted by atomic mass is 10.3. The Labute approximate surface area is 92.5 Å². The fourth-order valence-corrected chi connectivity index (χ4v) is 2.39. The Bertz CT molecular complexity index is 422. The molecule has 0 nitrogen and oxygen atoms in total. The number of allylic oxidation sites excluding steroid dienone is 8. The molecule has 74 valence electrons. The number of hydrogen-bond acceptors (Lipinski definition) is 0. The van der Waals surface area contributed by atoms with Gasteiger partial charge in [0.25, 0.3) is 0 Å². The van der Waals surface area contributed by atoms with Gasteiger partial charge >= 0.3 is 0 Å². The summed E-state index contributed by atoms with van der Waals surface area (Å²) in [7, 11) is 0.735. The van der Waals surface area contributed by atoms with E-state index in [1.165, 1.54) is 10.6 Å². The third-order valence-corrected chi connectivity index (χ3v) is 3.30. The van der Waals surface area contributed by atoms with Gasteiger partial charge in [-0.2, -0.15) is 0 Å². The van der Waals surface area contributed by atoms with Crippen molar-refractivity contribution in [1.82, 2.24) is 0 Å². The Hall–Kier alpha value is -1.39. The van der Waals surface area contributed by atoms with E-state index in [0.717, 1.165) is 8.58 Å². The maximum atomic E-state index is 2.17. The summed E-state index contributed by atoms with van der Waals surface area (Å²) < 4.78 is 0. The van der Waals surface area contributed by atoms with E-state index in [1.807, 2.05) is 6.08 Å². The highest BCUT2D eigenvalue weighted by molar-refractivity contribution is 7.52. The van der Waals surface area contributed by atoms with Gasteiger partial charge in [-0.1, -0.05) is 81.4 Å². The van der Waals surface area contributed by atoms with E-state index >= 15 is 0 Å². The maximum absolute atomic E-state index is 2.17. The Morgan fingerprint density at radius 3 is 2.33 bits per heavy atom. The lowest BCUT2D eigenvalue weighted by molar-refractivity contribution is 1.75. The molecule has 1 unspecified atom stereocenters. The Morgan fingerprint density at radius 2 is 1.47 bits per heavy atom. The van der Waals surface area contributed by atoms with Gasteiger partial charge in [-0.3, -0.25) is 0 Å². The van der Waals surface area contributed by atoms with Crippen molar-refractivity contribution in [2.75, 3.05) is 0 Å². The first kappa shape index (κ1) is 10.1. The largest absolute Gasteiger partial charge is 0.0623 e. The Morgan fingerprint density at radius 1 is 0.733 bits per heavy atom. The van der Waals surface area contributed by atoms with Crippen LogP contribution < -0.4 is 5.30 Å². The van der Waals surface area contributed by atoms with E-state index in [1.54, 1.807) is 0 Å². The first-order chi connectivity index (χ1) is 7.45. The summed E-state index contributed by atoms with van der Waals surface area (Å²) in [6.07, 6.45) is 14.7. The zero-order valence-corrected chi connectivity index (χ0v) is 9.43. The molecule has 0 saturated heterocycles. The molecule has 15 heavy (non-hydrogen) atoms. The van der Waals surface area contributed by atoms with Crippen molar-refractivity contribution in [3.8, 4) is 0 Å². The van der Waals surface area contributed by atoms with Gasteiger partial charge < -0.3 is 0 Å². The Kier molecular flexibility index (Phi) is 3.70. The second-order valence-corrected chi connectivity index (χ2v) is 4.65. The highest BCUT2D eigenvalue weighted by atomic mass is 31.1. The Balaban J connectivity index is 2.12. The SMILES string of the molecule is C1=C/C=C/C=C\C(Pc2ccccc2)=C1. The molecular formula is C14H13P. The van der Waals surface area contributed by atoms with Crippen LogP contribution in [0.2, 0.25) is 0 Å². The van der Waals surface area contributed by atoms with Gasteiger partial charge in [0.2, 0.25) is 0 Å². The van der Waals surface area contributed by atoms with Crippen LogP contribution >= 0.6 is 8.58 Å². The molecule has 0 radical (unpaired) electrons. The van der Waals surface area contributed by atoms with Gasteiger partial charge in [0.15, 0.2) is 0 Å². The van der Waals surface area contributed by atoms with E-state index in [2.05, 4.69) is 66.8 Å². The van der Waals surface area contributed by atoms with Crippen LogP contribution in [0.15, 0.2) is 78.2 Å². The molecule has 0 bridgehead atoms. The molecule has 1 aromatic rings. The molecule has 2 rings (SSSR count). The van der Waals surface area contributed by atoms with Crippen molar-refractivity contribution in [3.63, 3.8) is 0 Å². The molecule has 0 aliphatic heterocycles. The average molecular weight is 212 g/mol. The highest BCUT2D eigenvalue weighted by Gasteiger charge is 1.94. The standard InChI is InChI=1S/C14H13P/c1-2-5-9-13(10-6-3-1)15-14-11-7-4-8-12-14/h1-12,15H/b2-1+,3-1?,5-2?,6-3?,9-5-,10-6?,13-9?,13-10?. The van der Waals surface area contributed by atoms with Gasteiger partial charge in [-0.25, -0.2) is 0 Å². The first-order valence-electron chi connectivity index (χ1n) is 4.99. The lowest BCUT2D eigenvalue weighted by Gasteiger charge is -2.02. The first-order valence-corrected chi connectivity index (χ1v) is 5.99. The van der Waals surface area contributed by atoms with Crippen molar-refractivity contribution in [2.24, 2.45) is 0 Å². The van der Waals surface area contributed by atoms with Crippen molar-refractivity contribution in [2.45, 2.75) is 0 Å². The molecule has 0 saturated carbocycles. The second kappa shape index (κ2) is 5.48. The van der Waals surface area contributed by atoms with Crippen LogP contribution in [0.5, 0.6) is 0 Å². The summed E-state index contributed by atoms with van der Waals surface area (Å²) >= 11 is 0. The summed E-state index contributed by atoms with van der Waals surface area (Å²) in [5, 5.41) is 2.74. The lowest BCUT2D eigenvalue weighted by Crippen LogP contribution is -1.91. The molecule has 1 aliphatic carbocycles. The van der Waals surface area contributed by atoms with E-state index in [4.69, 9.17) is 0 Å². The molecule has 1 aromatic carbocycles. The van der Waals surface area contributed by atoms with Crippen LogP contribution in [0, 0.1) is 0 Å². The van der Waals surface area contributed by atoms with Crippen LogP contribution in [-0.4, -0.2) is 0 Å². The van der Waals surface area contributed by atoms with E-state index in [-0.39, 0.29) is 0 Å². The third-order valence-electron chi connectivity index (χ3n) is 2.06. The highest BCUT2D eigenvalue weighted by Crippen LogP contribution is 2.24. The average Bonchev–Trinajstić information content (AvgIpc) is 2.23. The summed E-state index contributed by atoms with van der Waals surface area (Å²) in [5.74, 6) is 0. The predicted molar refractivity (Wildman–Crippen MR) is 69.9 cm³/mol.